The van der Waals surface area contributed by atoms with Gasteiger partial charge >= 0.3 is 6.09 Å². The van der Waals surface area contributed by atoms with Crippen LogP contribution in [-0.2, 0) is 44.2 Å². The monoisotopic (exact) mass is 702 g/mol. The van der Waals surface area contributed by atoms with Gasteiger partial charge in [-0.25, -0.2) is 4.79 Å². The van der Waals surface area contributed by atoms with Gasteiger partial charge in [0.15, 0.2) is 5.60 Å². The number of carbonyl (C=O) groups is 3. The van der Waals surface area contributed by atoms with E-state index in [0.29, 0.717) is 29.9 Å². The van der Waals surface area contributed by atoms with Gasteiger partial charge in [-0.05, 0) is 54.4 Å². The maximum Gasteiger partial charge on any atom is 0.414 e. The fourth-order valence-electron chi connectivity index (χ4n) is 8.47. The summed E-state index contributed by atoms with van der Waals surface area (Å²) in [4.78, 5) is 57.2. The molecule has 1 N–H and O–H groups in total. The second kappa shape index (κ2) is 12.6. The van der Waals surface area contributed by atoms with E-state index in [9.17, 15) is 29.6 Å². The van der Waals surface area contributed by atoms with Crippen molar-refractivity contribution in [3.63, 3.8) is 0 Å². The van der Waals surface area contributed by atoms with E-state index in [-0.39, 0.29) is 49.9 Å². The summed E-state index contributed by atoms with van der Waals surface area (Å²) in [6, 6.07) is 18.6. The van der Waals surface area contributed by atoms with E-state index in [1.165, 1.54) is 41.1 Å². The van der Waals surface area contributed by atoms with Crippen LogP contribution in [0.2, 0.25) is 18.6 Å². The number of nitro benzene ring substituents is 1. The van der Waals surface area contributed by atoms with Crippen LogP contribution in [-0.4, -0.2) is 73.1 Å². The number of fused-ring (bicyclic) bond motifs is 3. The van der Waals surface area contributed by atoms with Gasteiger partial charge in [-0.2, -0.15) is 0 Å². The first-order chi connectivity index (χ1) is 23.8. The fraction of sp³-hybridized carbons (Fsp3) is 0.417. The molecular formula is C36H39FN4O8Si. The SMILES string of the molecule is C[C@H]1[C@H]([Si](C)(C)F)[C@@H](CC(=O)N2Cc3ccccc3C[C@H]2CO)O[C@]12C(=O)N(Cc1cccc(N3CCOC3=O)c1)c1ccc([N+](=O)[O-])cc12. The van der Waals surface area contributed by atoms with E-state index in [1.54, 1.807) is 30.0 Å². The summed E-state index contributed by atoms with van der Waals surface area (Å²) in [7, 11) is -3.65. The number of hydrogen-bond acceptors (Lipinski definition) is 8. The number of non-ortho nitro benzene ring substituents is 1. The molecule has 0 saturated carbocycles. The Labute approximate surface area is 289 Å². The number of carbonyl (C=O) groups excluding carboxylic acids is 3. The normalized spacial score (nSPS) is 26.0. The van der Waals surface area contributed by atoms with Crippen molar-refractivity contribution in [2.45, 2.75) is 69.2 Å². The van der Waals surface area contributed by atoms with Crippen molar-refractivity contribution in [2.24, 2.45) is 5.92 Å². The Morgan fingerprint density at radius 1 is 1.10 bits per heavy atom. The van der Waals surface area contributed by atoms with Crippen molar-refractivity contribution in [1.82, 2.24) is 4.90 Å². The number of halogens is 1. The summed E-state index contributed by atoms with van der Waals surface area (Å²) in [6.07, 6.45) is -1.21. The Morgan fingerprint density at radius 2 is 1.86 bits per heavy atom. The first-order valence-corrected chi connectivity index (χ1v) is 19.8. The topological polar surface area (TPSA) is 143 Å². The molecule has 2 fully saturated rings. The predicted molar refractivity (Wildman–Crippen MR) is 184 cm³/mol. The van der Waals surface area contributed by atoms with Gasteiger partial charge < -0.3 is 28.5 Å². The van der Waals surface area contributed by atoms with Gasteiger partial charge in [0.05, 0.1) is 48.9 Å². The quantitative estimate of drug-likeness (QED) is 0.146. The van der Waals surface area contributed by atoms with Gasteiger partial charge in [0, 0.05) is 41.4 Å². The summed E-state index contributed by atoms with van der Waals surface area (Å²) in [5.41, 5.74) is 1.14. The summed E-state index contributed by atoms with van der Waals surface area (Å²) in [6.45, 7) is 5.54. The maximum absolute atomic E-state index is 16.5. The number of benzene rings is 3. The molecule has 12 nitrogen and oxygen atoms in total. The zero-order valence-corrected chi connectivity index (χ0v) is 29.1. The van der Waals surface area contributed by atoms with Crippen LogP contribution in [0.25, 0.3) is 0 Å². The van der Waals surface area contributed by atoms with Crippen molar-refractivity contribution in [3.8, 4) is 0 Å². The number of amides is 3. The lowest BCUT2D eigenvalue weighted by atomic mass is 9.82. The van der Waals surface area contributed by atoms with Crippen molar-refractivity contribution >= 4 is 43.4 Å². The minimum absolute atomic E-state index is 0.0499. The van der Waals surface area contributed by atoms with Crippen LogP contribution in [0.1, 0.15) is 35.6 Å². The van der Waals surface area contributed by atoms with Crippen LogP contribution < -0.4 is 9.80 Å². The average molecular weight is 703 g/mol. The maximum atomic E-state index is 16.5. The van der Waals surface area contributed by atoms with Crippen LogP contribution in [0, 0.1) is 16.0 Å². The predicted octanol–water partition coefficient (Wildman–Crippen LogP) is 5.21. The lowest BCUT2D eigenvalue weighted by Gasteiger charge is -2.37. The largest absolute Gasteiger partial charge is 0.447 e. The molecule has 3 amide bonds. The number of rotatable bonds is 8. The molecule has 0 unspecified atom stereocenters. The number of aliphatic hydroxyl groups is 1. The molecule has 14 heteroatoms. The molecular weight excluding hydrogens is 664 g/mol. The van der Waals surface area contributed by atoms with Crippen molar-refractivity contribution in [1.29, 1.82) is 0 Å². The third-order valence-corrected chi connectivity index (χ3v) is 13.2. The van der Waals surface area contributed by atoms with Gasteiger partial charge in [0.25, 0.3) is 11.6 Å². The highest BCUT2D eigenvalue weighted by atomic mass is 28.4. The number of anilines is 2. The van der Waals surface area contributed by atoms with Crippen LogP contribution in [0.3, 0.4) is 0 Å². The summed E-state index contributed by atoms with van der Waals surface area (Å²) < 4.78 is 28.3. The Hall–Kier alpha value is -4.66. The molecule has 7 rings (SSSR count). The standard InChI is InChI=1S/C36H39FN4O8Si/c1-22-33(50(2,3)37)31(18-32(43)39-20-25-9-5-4-8-24(25)16-28(39)21-42)49-36(22)29-17-27(41(46)47)11-12-30(29)40(34(36)44)19-23-7-6-10-26(15-23)38-13-14-48-35(38)45/h4-12,15,17,22,28,31,33,42H,13-14,16,18-21H2,1-3H3/t22-,28-,31+,33-,36+/m0/s1. The van der Waals surface area contributed by atoms with Crippen molar-refractivity contribution in [3.05, 3.63) is 99.1 Å². The fourth-order valence-corrected chi connectivity index (χ4v) is 11.0. The van der Waals surface area contributed by atoms with E-state index < -0.39 is 54.5 Å². The average Bonchev–Trinajstić information content (AvgIpc) is 3.72. The molecule has 0 radical (unpaired) electrons. The molecule has 262 valence electrons. The van der Waals surface area contributed by atoms with Crippen LogP contribution in [0.5, 0.6) is 0 Å². The van der Waals surface area contributed by atoms with Gasteiger partial charge in [0.2, 0.25) is 14.3 Å². The first-order valence-electron chi connectivity index (χ1n) is 16.8. The van der Waals surface area contributed by atoms with Gasteiger partial charge in [-0.3, -0.25) is 24.6 Å². The molecule has 0 aliphatic carbocycles. The first kappa shape index (κ1) is 33.8. The zero-order chi connectivity index (χ0) is 35.5. The lowest BCUT2D eigenvalue weighted by molar-refractivity contribution is -0.385. The number of ether oxygens (including phenoxy) is 2. The molecule has 3 aromatic rings. The van der Waals surface area contributed by atoms with Gasteiger partial charge in [-0.15, -0.1) is 0 Å². The Balaban J connectivity index is 1.25. The number of nitro groups is 1. The number of aliphatic hydroxyl groups excluding tert-OH is 1. The Bertz CT molecular complexity index is 1890. The van der Waals surface area contributed by atoms with E-state index in [1.807, 2.05) is 30.3 Å². The third-order valence-electron chi connectivity index (χ3n) is 10.7. The minimum Gasteiger partial charge on any atom is -0.447 e. The molecule has 4 aliphatic heterocycles. The van der Waals surface area contributed by atoms with E-state index in [4.69, 9.17) is 9.47 Å². The highest BCUT2D eigenvalue weighted by Gasteiger charge is 2.67. The van der Waals surface area contributed by atoms with Crippen LogP contribution in [0.4, 0.5) is 26.0 Å². The molecule has 3 aromatic carbocycles. The molecule has 2 saturated heterocycles. The van der Waals surface area contributed by atoms with Crippen molar-refractivity contribution in [2.75, 3.05) is 29.6 Å². The molecule has 0 bridgehead atoms. The Morgan fingerprint density at radius 3 is 2.54 bits per heavy atom. The molecule has 4 aliphatic rings. The Kier molecular flexibility index (Phi) is 8.51. The lowest BCUT2D eigenvalue weighted by Crippen LogP contribution is -2.48. The van der Waals surface area contributed by atoms with E-state index in [0.717, 1.165) is 11.1 Å². The summed E-state index contributed by atoms with van der Waals surface area (Å²) in [5.74, 6) is -1.59. The molecule has 0 aromatic heterocycles. The highest BCUT2D eigenvalue weighted by molar-refractivity contribution is 6.72. The van der Waals surface area contributed by atoms with Gasteiger partial charge in [0.1, 0.15) is 6.61 Å². The smallest absolute Gasteiger partial charge is 0.414 e. The molecule has 50 heavy (non-hydrogen) atoms. The van der Waals surface area contributed by atoms with Gasteiger partial charge in [-0.1, -0.05) is 43.3 Å². The minimum atomic E-state index is -3.65. The number of nitrogens with zero attached hydrogens (tertiary/aromatic N) is 4. The molecule has 1 spiro atoms. The van der Waals surface area contributed by atoms with E-state index in [2.05, 4.69) is 0 Å². The van der Waals surface area contributed by atoms with E-state index >= 15 is 4.11 Å². The summed E-state index contributed by atoms with van der Waals surface area (Å²) in [5, 5.41) is 22.2. The molecule has 4 heterocycles. The van der Waals surface area contributed by atoms with Crippen LogP contribution in [0.15, 0.2) is 66.7 Å². The highest BCUT2D eigenvalue weighted by Crippen LogP contribution is 2.60. The van der Waals surface area contributed by atoms with Crippen molar-refractivity contribution < 1.29 is 38.0 Å². The number of cyclic esters (lactones) is 1. The molecule has 5 atom stereocenters. The second-order valence-corrected chi connectivity index (χ2v) is 17.9. The number of hydrogen-bond donors (Lipinski definition) is 1. The summed E-state index contributed by atoms with van der Waals surface area (Å²) >= 11 is 0. The zero-order valence-electron chi connectivity index (χ0n) is 28.1. The third kappa shape index (κ3) is 5.55. The van der Waals surface area contributed by atoms with Crippen LogP contribution >= 0.6 is 0 Å². The second-order valence-electron chi connectivity index (χ2n) is 14.1.